The largest absolute Gasteiger partial charge is 0.389 e. The maximum Gasteiger partial charge on any atom is 0.106 e. The van der Waals surface area contributed by atoms with Crippen LogP contribution >= 0.6 is 23.8 Å². The van der Waals surface area contributed by atoms with Crippen LogP contribution in [0.15, 0.2) is 18.2 Å². The van der Waals surface area contributed by atoms with Gasteiger partial charge in [-0.1, -0.05) is 43.1 Å². The Hall–Kier alpha value is -0.800. The molecule has 1 fully saturated rings. The van der Waals surface area contributed by atoms with E-state index >= 15 is 0 Å². The third kappa shape index (κ3) is 3.33. The summed E-state index contributed by atoms with van der Waals surface area (Å²) in [7, 11) is 0. The van der Waals surface area contributed by atoms with E-state index in [0.29, 0.717) is 16.1 Å². The van der Waals surface area contributed by atoms with Crippen LogP contribution in [0.3, 0.4) is 0 Å². The molecule has 0 radical (unpaired) electrons. The molecule has 1 saturated carbocycles. The Morgan fingerprint density at radius 2 is 2.00 bits per heavy atom. The van der Waals surface area contributed by atoms with E-state index in [0.717, 1.165) is 11.3 Å². The van der Waals surface area contributed by atoms with E-state index in [-0.39, 0.29) is 0 Å². The molecular weight excluding hydrogens is 252 g/mol. The molecule has 1 aliphatic carbocycles. The highest BCUT2D eigenvalue weighted by Gasteiger charge is 2.15. The van der Waals surface area contributed by atoms with Crippen molar-refractivity contribution in [3.63, 3.8) is 0 Å². The minimum Gasteiger partial charge on any atom is -0.389 e. The third-order valence-electron chi connectivity index (χ3n) is 3.21. The number of thiocarbonyl (C=S) groups is 1. The monoisotopic (exact) mass is 268 g/mol. The standard InChI is InChI=1S/C13H17ClN2S/c14-9-6-7-11(13(15)17)12(8-9)16-10-4-2-1-3-5-10/h6-8,10,16H,1-5H2,(H2,15,17). The molecule has 3 N–H and O–H groups in total. The number of nitrogens with two attached hydrogens (primary N) is 1. The summed E-state index contributed by atoms with van der Waals surface area (Å²) in [5, 5.41) is 4.23. The van der Waals surface area contributed by atoms with Gasteiger partial charge in [-0.15, -0.1) is 0 Å². The van der Waals surface area contributed by atoms with Crippen LogP contribution < -0.4 is 11.1 Å². The Morgan fingerprint density at radius 3 is 2.65 bits per heavy atom. The summed E-state index contributed by atoms with van der Waals surface area (Å²) in [5.41, 5.74) is 7.57. The summed E-state index contributed by atoms with van der Waals surface area (Å²) < 4.78 is 0. The van der Waals surface area contributed by atoms with Gasteiger partial charge < -0.3 is 11.1 Å². The number of anilines is 1. The summed E-state index contributed by atoms with van der Waals surface area (Å²) in [6.45, 7) is 0. The number of rotatable bonds is 3. The van der Waals surface area contributed by atoms with Gasteiger partial charge in [-0.2, -0.15) is 0 Å². The van der Waals surface area contributed by atoms with Crippen LogP contribution in [0.1, 0.15) is 37.7 Å². The molecule has 2 rings (SSSR count). The van der Waals surface area contributed by atoms with Gasteiger partial charge in [-0.3, -0.25) is 0 Å². The van der Waals surface area contributed by atoms with Gasteiger partial charge in [0.15, 0.2) is 0 Å². The topological polar surface area (TPSA) is 38.0 Å². The molecule has 1 aromatic carbocycles. The first-order valence-corrected chi connectivity index (χ1v) is 6.81. The fraction of sp³-hybridized carbons (Fsp3) is 0.462. The summed E-state index contributed by atoms with van der Waals surface area (Å²) in [4.78, 5) is 0.417. The van der Waals surface area contributed by atoms with E-state index in [2.05, 4.69) is 5.32 Å². The molecule has 0 aliphatic heterocycles. The fourth-order valence-electron chi connectivity index (χ4n) is 2.32. The highest BCUT2D eigenvalue weighted by molar-refractivity contribution is 7.80. The molecule has 0 spiro atoms. The predicted molar refractivity (Wildman–Crippen MR) is 77.8 cm³/mol. The minimum absolute atomic E-state index is 0.417. The summed E-state index contributed by atoms with van der Waals surface area (Å²) in [6, 6.07) is 6.14. The normalized spacial score (nSPS) is 16.8. The third-order valence-corrected chi connectivity index (χ3v) is 3.67. The van der Waals surface area contributed by atoms with E-state index in [9.17, 15) is 0 Å². The van der Waals surface area contributed by atoms with Crippen LogP contribution in [0.25, 0.3) is 0 Å². The molecule has 0 saturated heterocycles. The van der Waals surface area contributed by atoms with Crippen molar-refractivity contribution in [2.24, 2.45) is 5.73 Å². The Bertz CT molecular complexity index is 414. The molecule has 0 unspecified atom stereocenters. The molecule has 1 aromatic rings. The van der Waals surface area contributed by atoms with Crippen molar-refractivity contribution in [1.29, 1.82) is 0 Å². The number of benzene rings is 1. The van der Waals surface area contributed by atoms with E-state index in [4.69, 9.17) is 29.6 Å². The Morgan fingerprint density at radius 1 is 1.29 bits per heavy atom. The van der Waals surface area contributed by atoms with Crippen LogP contribution in [0.5, 0.6) is 0 Å². The van der Waals surface area contributed by atoms with E-state index in [1.165, 1.54) is 32.1 Å². The van der Waals surface area contributed by atoms with Gasteiger partial charge in [-0.05, 0) is 31.0 Å². The van der Waals surface area contributed by atoms with Crippen LogP contribution in [-0.4, -0.2) is 11.0 Å². The molecule has 0 atom stereocenters. The van der Waals surface area contributed by atoms with Gasteiger partial charge >= 0.3 is 0 Å². The lowest BCUT2D eigenvalue weighted by atomic mass is 9.95. The zero-order valence-corrected chi connectivity index (χ0v) is 11.3. The SMILES string of the molecule is NC(=S)c1ccc(Cl)cc1NC1CCCCC1. The number of halogens is 1. The Balaban J connectivity index is 2.17. The summed E-state index contributed by atoms with van der Waals surface area (Å²) in [5.74, 6) is 0. The summed E-state index contributed by atoms with van der Waals surface area (Å²) >= 11 is 11.1. The minimum atomic E-state index is 0.417. The molecule has 4 heteroatoms. The molecule has 0 aromatic heterocycles. The molecule has 0 bridgehead atoms. The maximum atomic E-state index is 6.02. The number of hydrogen-bond donors (Lipinski definition) is 2. The molecule has 1 aliphatic rings. The average Bonchev–Trinajstić information content (AvgIpc) is 2.30. The molecule has 92 valence electrons. The lowest BCUT2D eigenvalue weighted by Crippen LogP contribution is -2.24. The van der Waals surface area contributed by atoms with Gasteiger partial charge in [-0.25, -0.2) is 0 Å². The molecular formula is C13H17ClN2S. The van der Waals surface area contributed by atoms with E-state index in [1.807, 2.05) is 18.2 Å². The van der Waals surface area contributed by atoms with Crippen molar-refractivity contribution in [3.8, 4) is 0 Å². The quantitative estimate of drug-likeness (QED) is 0.821. The van der Waals surface area contributed by atoms with Gasteiger partial charge in [0.05, 0.1) is 0 Å². The smallest absolute Gasteiger partial charge is 0.106 e. The second kappa shape index (κ2) is 5.69. The maximum absolute atomic E-state index is 6.02. The Labute approximate surface area is 113 Å². The lowest BCUT2D eigenvalue weighted by Gasteiger charge is -2.25. The number of nitrogens with one attached hydrogen (secondary N) is 1. The molecule has 2 nitrogen and oxygen atoms in total. The van der Waals surface area contributed by atoms with Crippen LogP contribution in [0.4, 0.5) is 5.69 Å². The first-order chi connectivity index (χ1) is 8.16. The van der Waals surface area contributed by atoms with Gasteiger partial charge in [0, 0.05) is 22.3 Å². The predicted octanol–water partition coefficient (Wildman–Crippen LogP) is 3.72. The van der Waals surface area contributed by atoms with Gasteiger partial charge in [0.2, 0.25) is 0 Å². The van der Waals surface area contributed by atoms with Crippen molar-refractivity contribution in [1.82, 2.24) is 0 Å². The fourth-order valence-corrected chi connectivity index (χ4v) is 2.67. The summed E-state index contributed by atoms with van der Waals surface area (Å²) in [6.07, 6.45) is 6.35. The lowest BCUT2D eigenvalue weighted by molar-refractivity contribution is 0.462. The molecule has 17 heavy (non-hydrogen) atoms. The van der Waals surface area contributed by atoms with E-state index < -0.39 is 0 Å². The zero-order chi connectivity index (χ0) is 12.3. The van der Waals surface area contributed by atoms with Crippen LogP contribution in [0.2, 0.25) is 5.02 Å². The highest BCUT2D eigenvalue weighted by atomic mass is 35.5. The van der Waals surface area contributed by atoms with Crippen molar-refractivity contribution >= 4 is 34.5 Å². The second-order valence-corrected chi connectivity index (χ2v) is 5.41. The average molecular weight is 269 g/mol. The van der Waals surface area contributed by atoms with Crippen molar-refractivity contribution in [3.05, 3.63) is 28.8 Å². The zero-order valence-electron chi connectivity index (χ0n) is 9.71. The van der Waals surface area contributed by atoms with Crippen LogP contribution in [0, 0.1) is 0 Å². The van der Waals surface area contributed by atoms with Gasteiger partial charge in [0.1, 0.15) is 4.99 Å². The molecule has 0 heterocycles. The van der Waals surface area contributed by atoms with Crippen molar-refractivity contribution < 1.29 is 0 Å². The van der Waals surface area contributed by atoms with Gasteiger partial charge in [0.25, 0.3) is 0 Å². The first-order valence-electron chi connectivity index (χ1n) is 6.02. The van der Waals surface area contributed by atoms with Crippen molar-refractivity contribution in [2.75, 3.05) is 5.32 Å². The highest BCUT2D eigenvalue weighted by Crippen LogP contribution is 2.26. The van der Waals surface area contributed by atoms with Crippen molar-refractivity contribution in [2.45, 2.75) is 38.1 Å². The Kier molecular flexibility index (Phi) is 4.24. The van der Waals surface area contributed by atoms with E-state index in [1.54, 1.807) is 0 Å². The second-order valence-electron chi connectivity index (χ2n) is 4.53. The molecule has 0 amide bonds. The number of hydrogen-bond acceptors (Lipinski definition) is 2. The van der Waals surface area contributed by atoms with Crippen LogP contribution in [-0.2, 0) is 0 Å². The first kappa shape index (κ1) is 12.7.